The van der Waals surface area contributed by atoms with E-state index in [1.807, 2.05) is 27.7 Å². The third kappa shape index (κ3) is 3.30. The van der Waals surface area contributed by atoms with Gasteiger partial charge in [0, 0.05) is 19.9 Å². The van der Waals surface area contributed by atoms with E-state index < -0.39 is 17.3 Å². The van der Waals surface area contributed by atoms with E-state index in [-0.39, 0.29) is 6.54 Å². The number of rotatable bonds is 3. The number of hydrogen-bond acceptors (Lipinski definition) is 5. The third-order valence-corrected chi connectivity index (χ3v) is 2.57. The van der Waals surface area contributed by atoms with Gasteiger partial charge in [-0.15, -0.1) is 0 Å². The Morgan fingerprint density at radius 1 is 1.44 bits per heavy atom. The van der Waals surface area contributed by atoms with Crippen LogP contribution in [0, 0.1) is 0 Å². The molecule has 1 aromatic heterocycles. The molecule has 6 heteroatoms. The molecule has 18 heavy (non-hydrogen) atoms. The Morgan fingerprint density at radius 3 is 2.50 bits per heavy atom. The van der Waals surface area contributed by atoms with Crippen LogP contribution in [0.2, 0.25) is 0 Å². The fourth-order valence-electron chi connectivity index (χ4n) is 1.30. The number of carbonyl (C=O) groups excluding carboxylic acids is 1. The lowest BCUT2D eigenvalue weighted by atomic mass is 10.0. The molecule has 1 aromatic rings. The molecule has 102 valence electrons. The maximum absolute atomic E-state index is 11.8. The van der Waals surface area contributed by atoms with Crippen LogP contribution in [0.25, 0.3) is 0 Å². The van der Waals surface area contributed by atoms with E-state index in [1.54, 1.807) is 13.3 Å². The number of nitrogens with two attached hydrogens (primary N) is 1. The van der Waals surface area contributed by atoms with E-state index in [2.05, 4.69) is 4.98 Å². The van der Waals surface area contributed by atoms with Crippen LogP contribution in [0.5, 0.6) is 0 Å². The van der Waals surface area contributed by atoms with Crippen molar-refractivity contribution in [2.75, 3.05) is 13.7 Å². The number of ether oxygens (including phenoxy) is 2. The Bertz CT molecular complexity index is 416. The van der Waals surface area contributed by atoms with Crippen molar-refractivity contribution < 1.29 is 14.3 Å². The molecule has 0 bridgehead atoms. The summed E-state index contributed by atoms with van der Waals surface area (Å²) >= 11 is 0. The summed E-state index contributed by atoms with van der Waals surface area (Å²) in [6.45, 7) is 7.51. The number of hydrogen-bond donors (Lipinski definition) is 1. The van der Waals surface area contributed by atoms with Gasteiger partial charge in [-0.05, 0) is 27.7 Å². The molecule has 1 heterocycles. The lowest BCUT2D eigenvalue weighted by Gasteiger charge is -2.23. The molecule has 1 atom stereocenters. The highest BCUT2D eigenvalue weighted by Gasteiger charge is 2.28. The van der Waals surface area contributed by atoms with Gasteiger partial charge in [-0.25, -0.2) is 14.3 Å². The molecule has 0 saturated heterocycles. The zero-order valence-electron chi connectivity index (χ0n) is 11.6. The topological polar surface area (TPSA) is 79.4 Å². The normalized spacial score (nSPS) is 15.2. The van der Waals surface area contributed by atoms with Gasteiger partial charge in [0.15, 0.2) is 0 Å². The molecule has 0 aliphatic rings. The third-order valence-electron chi connectivity index (χ3n) is 2.57. The quantitative estimate of drug-likeness (QED) is 0.885. The molecule has 0 radical (unpaired) electrons. The van der Waals surface area contributed by atoms with Gasteiger partial charge < -0.3 is 15.2 Å². The lowest BCUT2D eigenvalue weighted by Crippen LogP contribution is -2.34. The van der Waals surface area contributed by atoms with Crippen LogP contribution >= 0.6 is 0 Å². The van der Waals surface area contributed by atoms with Crippen molar-refractivity contribution in [2.45, 2.75) is 38.9 Å². The van der Waals surface area contributed by atoms with Crippen LogP contribution < -0.4 is 5.73 Å². The van der Waals surface area contributed by atoms with Crippen LogP contribution in [0.3, 0.4) is 0 Å². The smallest absolute Gasteiger partial charge is 0.419 e. The first-order valence-corrected chi connectivity index (χ1v) is 5.75. The van der Waals surface area contributed by atoms with Crippen molar-refractivity contribution in [3.8, 4) is 0 Å². The van der Waals surface area contributed by atoms with Crippen molar-refractivity contribution in [2.24, 2.45) is 5.73 Å². The first-order valence-electron chi connectivity index (χ1n) is 5.75. The van der Waals surface area contributed by atoms with Crippen molar-refractivity contribution in [1.82, 2.24) is 9.55 Å². The zero-order chi connectivity index (χ0) is 14.0. The second-order valence-corrected chi connectivity index (χ2v) is 5.29. The molecule has 6 nitrogen and oxygen atoms in total. The van der Waals surface area contributed by atoms with Crippen LogP contribution in [0.1, 0.15) is 33.4 Å². The fraction of sp³-hybridized carbons (Fsp3) is 0.667. The summed E-state index contributed by atoms with van der Waals surface area (Å²) in [4.78, 5) is 15.9. The SMILES string of the molecule is COC(C)(CN)c1cn(C(=O)OC(C)(C)C)cn1. The van der Waals surface area contributed by atoms with E-state index in [4.69, 9.17) is 15.2 Å². The fourth-order valence-corrected chi connectivity index (χ4v) is 1.30. The Hall–Kier alpha value is -1.40. The Kier molecular flexibility index (Phi) is 4.13. The first kappa shape index (κ1) is 14.7. The number of aromatic nitrogens is 2. The summed E-state index contributed by atoms with van der Waals surface area (Å²) in [7, 11) is 1.55. The molecule has 0 aromatic carbocycles. The second kappa shape index (κ2) is 5.07. The number of carbonyl (C=O) groups is 1. The van der Waals surface area contributed by atoms with Gasteiger partial charge >= 0.3 is 6.09 Å². The Morgan fingerprint density at radius 2 is 2.06 bits per heavy atom. The minimum Gasteiger partial charge on any atom is -0.443 e. The van der Waals surface area contributed by atoms with Gasteiger partial charge in [0.1, 0.15) is 17.5 Å². The summed E-state index contributed by atoms with van der Waals surface area (Å²) in [6.07, 6.45) is 2.50. The molecule has 0 saturated carbocycles. The average Bonchev–Trinajstić information content (AvgIpc) is 2.75. The summed E-state index contributed by atoms with van der Waals surface area (Å²) in [5.74, 6) is 0. The number of nitrogens with zero attached hydrogens (tertiary/aromatic N) is 2. The minimum absolute atomic E-state index is 0.273. The van der Waals surface area contributed by atoms with Gasteiger partial charge in [0.2, 0.25) is 0 Å². The van der Waals surface area contributed by atoms with E-state index in [0.717, 1.165) is 0 Å². The van der Waals surface area contributed by atoms with Gasteiger partial charge in [-0.2, -0.15) is 0 Å². The average molecular weight is 255 g/mol. The van der Waals surface area contributed by atoms with Gasteiger partial charge in [0.05, 0.1) is 5.69 Å². The molecule has 0 aliphatic carbocycles. The predicted molar refractivity (Wildman–Crippen MR) is 67.3 cm³/mol. The van der Waals surface area contributed by atoms with Crippen molar-refractivity contribution >= 4 is 6.09 Å². The van der Waals surface area contributed by atoms with Crippen molar-refractivity contribution in [1.29, 1.82) is 0 Å². The molecule has 0 amide bonds. The maximum Gasteiger partial charge on any atom is 0.419 e. The lowest BCUT2D eigenvalue weighted by molar-refractivity contribution is 0.00661. The number of imidazole rings is 1. The predicted octanol–water partition coefficient (Wildman–Crippen LogP) is 1.49. The summed E-state index contributed by atoms with van der Waals surface area (Å²) in [5.41, 5.74) is 5.00. The van der Waals surface area contributed by atoms with Crippen LogP contribution in [-0.4, -0.2) is 34.9 Å². The summed E-state index contributed by atoms with van der Waals surface area (Å²) < 4.78 is 11.8. The molecule has 1 rings (SSSR count). The van der Waals surface area contributed by atoms with Crippen LogP contribution in [0.15, 0.2) is 12.5 Å². The second-order valence-electron chi connectivity index (χ2n) is 5.29. The summed E-state index contributed by atoms with van der Waals surface area (Å²) in [6, 6.07) is 0. The largest absolute Gasteiger partial charge is 0.443 e. The van der Waals surface area contributed by atoms with E-state index in [1.165, 1.54) is 10.9 Å². The molecule has 0 fully saturated rings. The summed E-state index contributed by atoms with van der Waals surface area (Å²) in [5, 5.41) is 0. The highest BCUT2D eigenvalue weighted by Crippen LogP contribution is 2.21. The van der Waals surface area contributed by atoms with Gasteiger partial charge in [-0.1, -0.05) is 0 Å². The highest BCUT2D eigenvalue weighted by atomic mass is 16.6. The monoisotopic (exact) mass is 255 g/mol. The van der Waals surface area contributed by atoms with Crippen molar-refractivity contribution in [3.63, 3.8) is 0 Å². The maximum atomic E-state index is 11.8. The Labute approximate surface area is 107 Å². The molecular formula is C12H21N3O3. The zero-order valence-corrected chi connectivity index (χ0v) is 11.6. The molecular weight excluding hydrogens is 234 g/mol. The van der Waals surface area contributed by atoms with E-state index in [0.29, 0.717) is 5.69 Å². The minimum atomic E-state index is -0.701. The van der Waals surface area contributed by atoms with Crippen LogP contribution in [-0.2, 0) is 15.1 Å². The molecule has 1 unspecified atom stereocenters. The van der Waals surface area contributed by atoms with Gasteiger partial charge in [-0.3, -0.25) is 0 Å². The molecule has 0 spiro atoms. The Balaban J connectivity index is 2.90. The first-order chi connectivity index (χ1) is 8.22. The highest BCUT2D eigenvalue weighted by molar-refractivity contribution is 5.70. The van der Waals surface area contributed by atoms with E-state index in [9.17, 15) is 4.79 Å². The van der Waals surface area contributed by atoms with Crippen molar-refractivity contribution in [3.05, 3.63) is 18.2 Å². The van der Waals surface area contributed by atoms with Crippen LogP contribution in [0.4, 0.5) is 4.79 Å². The standard InChI is InChI=1S/C12H21N3O3/c1-11(2,3)18-10(16)15-6-9(14-8-15)12(4,7-13)17-5/h6,8H,7,13H2,1-5H3. The van der Waals surface area contributed by atoms with Gasteiger partial charge in [0.25, 0.3) is 0 Å². The molecule has 2 N–H and O–H groups in total. The molecule has 0 aliphatic heterocycles. The number of methoxy groups -OCH3 is 1. The van der Waals surface area contributed by atoms with E-state index >= 15 is 0 Å².